The van der Waals surface area contributed by atoms with Gasteiger partial charge < -0.3 is 119 Å². The molecule has 0 radical (unpaired) electrons. The van der Waals surface area contributed by atoms with E-state index < -0.39 is 139 Å². The standard InChI is InChI=1S/C50H91N21O13/c51-16-4-1-10-29(57)41(75)69-40(37(73)24-56)47(81)70-39(36(72)23-55)46(80)62-26-38(74)64-32(13-7-19-54)48(82)71-21-9-15-35(71)45(79)68-34(22-28-25-60-27-63-28)44(78)66-30(11-2-5-17-52)42(76)65-31(14-8-20-61-50(58)59)43(77)67-33(49(83)84)12-3-6-18-53/h14,25,27,29-30,32-37,39-40,72-73H,1-13,15-24,26,51-57H2,(H,60,63)(H,62,80)(H,64,74)(H,65,76)(H,66,78)(H,67,77)(H,68,79)(H,69,75)(H,70,81)(H,83,84)(H4,58,59,61)/b31-14-/t29-,30-,32+,33-,34-,35-,36-,37-,39-,40-/m0/s1. The number of likely N-dealkylation sites (tertiary alicyclic amines) is 1. The topological polar surface area (TPSA) is 606 Å². The minimum absolute atomic E-state index is 0.00912. The molecule has 30 N–H and O–H groups in total. The molecule has 1 aliphatic heterocycles. The Morgan fingerprint density at radius 1 is 0.679 bits per heavy atom. The first-order chi connectivity index (χ1) is 40.1. The Bertz CT molecular complexity index is 2330. The number of aliphatic hydroxyl groups is 2. The summed E-state index contributed by atoms with van der Waals surface area (Å²) in [7, 11) is 0. The third kappa shape index (κ3) is 26.0. The quantitative estimate of drug-likeness (QED) is 0.0125. The number of nitrogens with two attached hydrogens (primary N) is 9. The van der Waals surface area contributed by atoms with E-state index in [4.69, 9.17) is 51.6 Å². The summed E-state index contributed by atoms with van der Waals surface area (Å²) in [5, 5.41) is 50.7. The lowest BCUT2D eigenvalue weighted by Crippen LogP contribution is -2.63. The summed E-state index contributed by atoms with van der Waals surface area (Å²) in [6.07, 6.45) is 3.96. The predicted octanol–water partition coefficient (Wildman–Crippen LogP) is -9.19. The van der Waals surface area contributed by atoms with Crippen molar-refractivity contribution < 1.29 is 63.3 Å². The minimum Gasteiger partial charge on any atom is -0.480 e. The highest BCUT2D eigenvalue weighted by molar-refractivity contribution is 6.01. The number of rotatable bonds is 42. The van der Waals surface area contributed by atoms with Gasteiger partial charge in [-0.1, -0.05) is 12.5 Å². The Hall–Kier alpha value is -7.44. The Labute approximate surface area is 486 Å². The van der Waals surface area contributed by atoms with Crippen LogP contribution in [-0.4, -0.2) is 215 Å². The largest absolute Gasteiger partial charge is 0.480 e. The van der Waals surface area contributed by atoms with Crippen molar-refractivity contribution in [3.63, 3.8) is 0 Å². The summed E-state index contributed by atoms with van der Waals surface area (Å²) in [5.74, 6) is -9.76. The molecular formula is C50H91N21O13. The number of unbranched alkanes of at least 4 members (excludes halogenated alkanes) is 3. The van der Waals surface area contributed by atoms with Crippen molar-refractivity contribution in [3.8, 4) is 0 Å². The molecule has 0 aromatic carbocycles. The lowest BCUT2D eigenvalue weighted by atomic mass is 10.0. The van der Waals surface area contributed by atoms with Gasteiger partial charge in [-0.05, 0) is 110 Å². The third-order valence-electron chi connectivity index (χ3n) is 13.3. The first kappa shape index (κ1) is 72.7. The second-order valence-corrected chi connectivity index (χ2v) is 20.0. The summed E-state index contributed by atoms with van der Waals surface area (Å²) >= 11 is 0. The third-order valence-corrected chi connectivity index (χ3v) is 13.3. The van der Waals surface area contributed by atoms with Crippen LogP contribution in [0.1, 0.15) is 95.6 Å². The summed E-state index contributed by atoms with van der Waals surface area (Å²) in [6, 6.07) is -11.3. The van der Waals surface area contributed by atoms with Crippen LogP contribution >= 0.6 is 0 Å². The Morgan fingerprint density at radius 3 is 1.83 bits per heavy atom. The van der Waals surface area contributed by atoms with Crippen LogP contribution in [0.3, 0.4) is 0 Å². The second-order valence-electron chi connectivity index (χ2n) is 20.0. The number of nitrogens with one attached hydrogen (secondary N) is 9. The number of aliphatic imine (C=N–C) groups is 1. The van der Waals surface area contributed by atoms with Gasteiger partial charge in [-0.25, -0.2) is 9.78 Å². The van der Waals surface area contributed by atoms with Gasteiger partial charge in [0.25, 0.3) is 5.91 Å². The molecule has 0 unspecified atom stereocenters. The molecule has 0 aliphatic carbocycles. The van der Waals surface area contributed by atoms with E-state index in [0.717, 1.165) is 0 Å². The number of hydrogen-bond donors (Lipinski definition) is 21. The van der Waals surface area contributed by atoms with Crippen molar-refractivity contribution in [2.75, 3.05) is 58.9 Å². The maximum Gasteiger partial charge on any atom is 0.326 e. The van der Waals surface area contributed by atoms with E-state index in [0.29, 0.717) is 63.7 Å². The second kappa shape index (κ2) is 39.9. The fraction of sp³-hybridized carbons (Fsp3) is 0.680. The zero-order chi connectivity index (χ0) is 62.7. The Morgan fingerprint density at radius 2 is 1.26 bits per heavy atom. The highest BCUT2D eigenvalue weighted by Crippen LogP contribution is 2.21. The van der Waals surface area contributed by atoms with Gasteiger partial charge in [0.15, 0.2) is 5.96 Å². The van der Waals surface area contributed by atoms with Crippen LogP contribution in [-0.2, 0) is 54.4 Å². The first-order valence-electron chi connectivity index (χ1n) is 28.1. The molecule has 1 aromatic rings. The van der Waals surface area contributed by atoms with E-state index in [-0.39, 0.29) is 89.2 Å². The molecule has 1 aromatic heterocycles. The SMILES string of the molecule is NCCCC[C@H](NC(=O)/C(=C/CCN=C(N)N)NC(=O)[C@H](CCCCN)NC(=O)[C@H](Cc1cnc[nH]1)NC(=O)[C@@H]1CCCN1C(=O)[C@@H](CCCN)NC(=O)CNC(=O)[C@@H](NC(=O)[C@@H](NC(=O)[C@@H](N)CCCCN)[C@@H](O)CN)[C@@H](O)CN)C(=O)O. The first-order valence-corrected chi connectivity index (χ1v) is 28.1. The molecule has 34 nitrogen and oxygen atoms in total. The van der Waals surface area contributed by atoms with E-state index in [1.807, 2.05) is 0 Å². The van der Waals surface area contributed by atoms with Gasteiger partial charge in [-0.2, -0.15) is 0 Å². The molecule has 10 atom stereocenters. The summed E-state index contributed by atoms with van der Waals surface area (Å²) in [6.45, 7) is -0.909. The van der Waals surface area contributed by atoms with Gasteiger partial charge in [0.2, 0.25) is 47.3 Å². The molecule has 34 heteroatoms. The van der Waals surface area contributed by atoms with Crippen LogP contribution in [0.5, 0.6) is 0 Å². The van der Waals surface area contributed by atoms with E-state index in [1.54, 1.807) is 0 Å². The van der Waals surface area contributed by atoms with E-state index in [1.165, 1.54) is 23.5 Å². The van der Waals surface area contributed by atoms with Gasteiger partial charge in [-0.15, -0.1) is 0 Å². The van der Waals surface area contributed by atoms with E-state index in [9.17, 15) is 63.3 Å². The average Bonchev–Trinajstić information content (AvgIpc) is 4.09. The normalized spacial score (nSPS) is 16.4. The zero-order valence-corrected chi connectivity index (χ0v) is 47.4. The summed E-state index contributed by atoms with van der Waals surface area (Å²) in [4.78, 5) is 148. The maximum atomic E-state index is 14.4. The van der Waals surface area contributed by atoms with Crippen molar-refractivity contribution in [2.45, 2.75) is 157 Å². The molecule has 0 spiro atoms. The number of carbonyl (C=O) groups is 10. The van der Waals surface area contributed by atoms with Crippen molar-refractivity contribution in [3.05, 3.63) is 30.0 Å². The number of carboxylic acids is 1. The van der Waals surface area contributed by atoms with Crippen molar-refractivity contribution >= 4 is 65.1 Å². The summed E-state index contributed by atoms with van der Waals surface area (Å²) in [5.41, 5.74) is 50.7. The predicted molar refractivity (Wildman–Crippen MR) is 306 cm³/mol. The lowest BCUT2D eigenvalue weighted by molar-refractivity contribution is -0.142. The number of H-pyrrole nitrogens is 1. The molecule has 1 saturated heterocycles. The minimum atomic E-state index is -1.84. The van der Waals surface area contributed by atoms with Crippen LogP contribution in [0.4, 0.5) is 0 Å². The number of carboxylic acid groups (broad SMARTS) is 1. The number of aliphatic carboxylic acids is 1. The lowest BCUT2D eigenvalue weighted by Gasteiger charge is -2.30. The van der Waals surface area contributed by atoms with Crippen LogP contribution < -0.4 is 94.1 Å². The Kier molecular flexibility index (Phi) is 34.5. The monoisotopic (exact) mass is 1190 g/mol. The van der Waals surface area contributed by atoms with Crippen molar-refractivity contribution in [1.29, 1.82) is 0 Å². The average molecular weight is 1190 g/mol. The number of aromatic amines is 1. The number of nitrogens with zero attached hydrogens (tertiary/aromatic N) is 3. The number of aromatic nitrogens is 2. The molecule has 0 bridgehead atoms. The number of amides is 9. The number of imidazole rings is 1. The fourth-order valence-electron chi connectivity index (χ4n) is 8.63. The number of hydrogen-bond acceptors (Lipinski definition) is 21. The fourth-order valence-corrected chi connectivity index (χ4v) is 8.63. The summed E-state index contributed by atoms with van der Waals surface area (Å²) < 4.78 is 0. The molecule has 9 amide bonds. The van der Waals surface area contributed by atoms with Gasteiger partial charge in [0.1, 0.15) is 48.0 Å². The smallest absolute Gasteiger partial charge is 0.326 e. The van der Waals surface area contributed by atoms with Gasteiger partial charge in [0.05, 0.1) is 31.1 Å². The van der Waals surface area contributed by atoms with Crippen LogP contribution in [0.2, 0.25) is 0 Å². The highest BCUT2D eigenvalue weighted by Gasteiger charge is 2.40. The van der Waals surface area contributed by atoms with Gasteiger partial charge >= 0.3 is 5.97 Å². The molecule has 0 saturated carbocycles. The molecule has 2 heterocycles. The molecule has 1 aliphatic rings. The van der Waals surface area contributed by atoms with E-state index in [2.05, 4.69) is 57.5 Å². The number of guanidine groups is 1. The molecule has 84 heavy (non-hydrogen) atoms. The van der Waals surface area contributed by atoms with E-state index >= 15 is 0 Å². The Balaban J connectivity index is 2.35. The molecule has 2 rings (SSSR count). The molecule has 1 fully saturated rings. The van der Waals surface area contributed by atoms with Gasteiger partial charge in [0, 0.05) is 44.5 Å². The molecule has 474 valence electrons. The highest BCUT2D eigenvalue weighted by atomic mass is 16.4. The van der Waals surface area contributed by atoms with Crippen molar-refractivity contribution in [1.82, 2.24) is 57.4 Å². The number of aliphatic hydroxyl groups excluding tert-OH is 2. The molecular weight excluding hydrogens is 1100 g/mol. The van der Waals surface area contributed by atoms with Crippen LogP contribution in [0.25, 0.3) is 0 Å². The maximum absolute atomic E-state index is 14.4. The van der Waals surface area contributed by atoms with Gasteiger partial charge in [-0.3, -0.25) is 48.1 Å². The van der Waals surface area contributed by atoms with Crippen molar-refractivity contribution in [2.24, 2.45) is 56.6 Å². The van der Waals surface area contributed by atoms with Crippen LogP contribution in [0, 0.1) is 0 Å². The zero-order valence-electron chi connectivity index (χ0n) is 47.4. The van der Waals surface area contributed by atoms with Crippen LogP contribution in [0.15, 0.2) is 29.3 Å². The number of carbonyl (C=O) groups excluding carboxylic acids is 9.